The van der Waals surface area contributed by atoms with E-state index in [4.69, 9.17) is 34.0 Å². The zero-order chi connectivity index (χ0) is 15.6. The fourth-order valence-electron chi connectivity index (χ4n) is 2.72. The number of carbonyl (C=O) groups excluding carboxylic acids is 1. The Hall–Kier alpha value is -1.46. The fraction of sp³-hybridized carbons (Fsp3) is 0.429. The summed E-state index contributed by atoms with van der Waals surface area (Å²) in [5.74, 6) is -1.31. The van der Waals surface area contributed by atoms with Crippen LogP contribution in [0.1, 0.15) is 42.5 Å². The van der Waals surface area contributed by atoms with Crippen LogP contribution in [0, 0.1) is 0 Å². The maximum atomic E-state index is 12.3. The number of amides is 1. The third-order valence-electron chi connectivity index (χ3n) is 3.77. The summed E-state index contributed by atoms with van der Waals surface area (Å²) in [6, 6.07) is 2.86. The van der Waals surface area contributed by atoms with Crippen LogP contribution in [0.15, 0.2) is 12.1 Å². The Morgan fingerprint density at radius 1 is 1.24 bits per heavy atom. The van der Waals surface area contributed by atoms with Gasteiger partial charge < -0.3 is 16.2 Å². The Balaban J connectivity index is 2.21. The number of nitrogens with one attached hydrogen (secondary N) is 1. The van der Waals surface area contributed by atoms with Gasteiger partial charge in [-0.25, -0.2) is 0 Å². The molecule has 21 heavy (non-hydrogen) atoms. The van der Waals surface area contributed by atoms with Gasteiger partial charge in [0.2, 0.25) is 0 Å². The highest BCUT2D eigenvalue weighted by Gasteiger charge is 2.37. The van der Waals surface area contributed by atoms with Crippen molar-refractivity contribution in [2.75, 3.05) is 5.73 Å². The van der Waals surface area contributed by atoms with Crippen molar-refractivity contribution in [2.45, 2.75) is 37.6 Å². The van der Waals surface area contributed by atoms with Gasteiger partial charge in [-0.3, -0.25) is 9.59 Å². The lowest BCUT2D eigenvalue weighted by Crippen LogP contribution is -2.47. The number of nitrogen functional groups attached to an aromatic ring is 1. The molecule has 1 saturated carbocycles. The number of nitrogens with two attached hydrogens (primary N) is 1. The van der Waals surface area contributed by atoms with Gasteiger partial charge >= 0.3 is 5.97 Å². The van der Waals surface area contributed by atoms with E-state index in [1.165, 1.54) is 12.1 Å². The normalized spacial score (nSPS) is 16.7. The zero-order valence-electron chi connectivity index (χ0n) is 11.3. The van der Waals surface area contributed by atoms with E-state index in [-0.39, 0.29) is 33.6 Å². The molecule has 1 aromatic rings. The van der Waals surface area contributed by atoms with Crippen LogP contribution in [0.2, 0.25) is 10.0 Å². The van der Waals surface area contributed by atoms with Crippen LogP contribution in [-0.2, 0) is 4.79 Å². The zero-order valence-corrected chi connectivity index (χ0v) is 12.8. The van der Waals surface area contributed by atoms with Gasteiger partial charge in [0.1, 0.15) is 0 Å². The van der Waals surface area contributed by atoms with Crippen molar-refractivity contribution in [1.82, 2.24) is 5.32 Å². The number of hydrogen-bond donors (Lipinski definition) is 3. The largest absolute Gasteiger partial charge is 0.481 e. The Morgan fingerprint density at radius 3 is 2.24 bits per heavy atom. The molecule has 1 aromatic carbocycles. The average Bonchev–Trinajstić information content (AvgIpc) is 2.82. The molecule has 0 aliphatic heterocycles. The molecule has 0 atom stereocenters. The van der Waals surface area contributed by atoms with Gasteiger partial charge in [0, 0.05) is 5.56 Å². The summed E-state index contributed by atoms with van der Waals surface area (Å²) in [4.78, 5) is 23.4. The fourth-order valence-corrected chi connectivity index (χ4v) is 3.20. The van der Waals surface area contributed by atoms with Gasteiger partial charge in [-0.05, 0) is 25.0 Å². The van der Waals surface area contributed by atoms with Crippen molar-refractivity contribution >= 4 is 40.8 Å². The quantitative estimate of drug-likeness (QED) is 0.739. The maximum absolute atomic E-state index is 12.3. The lowest BCUT2D eigenvalue weighted by Gasteiger charge is -2.28. The molecule has 1 amide bonds. The Bertz CT molecular complexity index is 561. The molecule has 2 rings (SSSR count). The second kappa shape index (κ2) is 6.12. The molecule has 0 bridgehead atoms. The number of halogens is 2. The van der Waals surface area contributed by atoms with Crippen LogP contribution in [0.3, 0.4) is 0 Å². The SMILES string of the molecule is Nc1c(Cl)cc(C(=O)NC2(CC(=O)O)CCCC2)cc1Cl. The van der Waals surface area contributed by atoms with Gasteiger partial charge in [0.15, 0.2) is 0 Å². The molecule has 7 heteroatoms. The van der Waals surface area contributed by atoms with Crippen molar-refractivity contribution in [1.29, 1.82) is 0 Å². The van der Waals surface area contributed by atoms with Crippen molar-refractivity contribution in [3.05, 3.63) is 27.7 Å². The van der Waals surface area contributed by atoms with Crippen molar-refractivity contribution in [3.63, 3.8) is 0 Å². The highest BCUT2D eigenvalue weighted by Crippen LogP contribution is 2.34. The summed E-state index contributed by atoms with van der Waals surface area (Å²) in [6.45, 7) is 0. The summed E-state index contributed by atoms with van der Waals surface area (Å²) in [7, 11) is 0. The van der Waals surface area contributed by atoms with Crippen LogP contribution >= 0.6 is 23.2 Å². The molecule has 0 aromatic heterocycles. The minimum absolute atomic E-state index is 0.0881. The molecule has 1 fully saturated rings. The molecule has 0 unspecified atom stereocenters. The van der Waals surface area contributed by atoms with E-state index in [2.05, 4.69) is 5.32 Å². The lowest BCUT2D eigenvalue weighted by atomic mass is 9.92. The number of anilines is 1. The smallest absolute Gasteiger partial charge is 0.305 e. The van der Waals surface area contributed by atoms with Gasteiger partial charge in [0.25, 0.3) is 5.91 Å². The minimum atomic E-state index is -0.925. The third kappa shape index (κ3) is 3.60. The lowest BCUT2D eigenvalue weighted by molar-refractivity contribution is -0.138. The van der Waals surface area contributed by atoms with Crippen molar-refractivity contribution in [3.8, 4) is 0 Å². The van der Waals surface area contributed by atoms with Crippen molar-refractivity contribution in [2.24, 2.45) is 0 Å². The maximum Gasteiger partial charge on any atom is 0.305 e. The number of hydrogen-bond acceptors (Lipinski definition) is 3. The molecule has 0 radical (unpaired) electrons. The summed E-state index contributed by atoms with van der Waals surface area (Å²) >= 11 is 11.8. The molecule has 5 nitrogen and oxygen atoms in total. The van der Waals surface area contributed by atoms with Crippen molar-refractivity contribution < 1.29 is 14.7 Å². The van der Waals surface area contributed by atoms with Gasteiger partial charge in [0.05, 0.1) is 27.7 Å². The monoisotopic (exact) mass is 330 g/mol. The first-order valence-electron chi connectivity index (χ1n) is 6.62. The molecule has 0 spiro atoms. The number of carbonyl (C=O) groups is 2. The average molecular weight is 331 g/mol. The van der Waals surface area contributed by atoms with Crippen LogP contribution in [0.4, 0.5) is 5.69 Å². The summed E-state index contributed by atoms with van der Waals surface area (Å²) in [6.07, 6.45) is 3.02. The van der Waals surface area contributed by atoms with Crippen LogP contribution in [0.5, 0.6) is 0 Å². The number of aliphatic carboxylic acids is 1. The second-order valence-electron chi connectivity index (χ2n) is 5.37. The predicted molar refractivity (Wildman–Crippen MR) is 81.8 cm³/mol. The van der Waals surface area contributed by atoms with E-state index in [9.17, 15) is 9.59 Å². The molecule has 0 heterocycles. The second-order valence-corrected chi connectivity index (χ2v) is 6.18. The number of benzene rings is 1. The first kappa shape index (κ1) is 15.9. The van der Waals surface area contributed by atoms with Gasteiger partial charge in [-0.2, -0.15) is 0 Å². The third-order valence-corrected chi connectivity index (χ3v) is 4.40. The number of carboxylic acid groups (broad SMARTS) is 1. The van der Waals surface area contributed by atoms with E-state index in [0.29, 0.717) is 12.8 Å². The standard InChI is InChI=1S/C14H16Cl2N2O3/c15-9-5-8(6-10(16)12(9)17)13(21)18-14(7-11(19)20)3-1-2-4-14/h5-6H,1-4,7,17H2,(H,18,21)(H,19,20). The minimum Gasteiger partial charge on any atom is -0.481 e. The van der Waals surface area contributed by atoms with Crippen LogP contribution in [-0.4, -0.2) is 22.5 Å². The first-order chi connectivity index (χ1) is 9.83. The first-order valence-corrected chi connectivity index (χ1v) is 7.37. The van der Waals surface area contributed by atoms with Gasteiger partial charge in [-0.1, -0.05) is 36.0 Å². The Kier molecular flexibility index (Phi) is 4.64. The van der Waals surface area contributed by atoms with E-state index < -0.39 is 11.5 Å². The van der Waals surface area contributed by atoms with E-state index >= 15 is 0 Å². The van der Waals surface area contributed by atoms with E-state index in [1.807, 2.05) is 0 Å². The molecule has 114 valence electrons. The molecule has 1 aliphatic rings. The molecular weight excluding hydrogens is 315 g/mol. The van der Waals surface area contributed by atoms with Gasteiger partial charge in [-0.15, -0.1) is 0 Å². The molecule has 0 saturated heterocycles. The topological polar surface area (TPSA) is 92.4 Å². The summed E-state index contributed by atoms with van der Waals surface area (Å²) in [5, 5.41) is 12.3. The Morgan fingerprint density at radius 2 is 1.76 bits per heavy atom. The molecular formula is C14H16Cl2N2O3. The highest BCUT2D eigenvalue weighted by atomic mass is 35.5. The van der Waals surface area contributed by atoms with E-state index in [0.717, 1.165) is 12.8 Å². The Labute approximate surface area is 132 Å². The number of carboxylic acids is 1. The molecule has 1 aliphatic carbocycles. The van der Waals surface area contributed by atoms with Crippen LogP contribution in [0.25, 0.3) is 0 Å². The summed E-state index contributed by atoms with van der Waals surface area (Å²) in [5.41, 5.74) is 5.43. The summed E-state index contributed by atoms with van der Waals surface area (Å²) < 4.78 is 0. The highest BCUT2D eigenvalue weighted by molar-refractivity contribution is 6.39. The van der Waals surface area contributed by atoms with E-state index in [1.54, 1.807) is 0 Å². The predicted octanol–water partition coefficient (Wildman–Crippen LogP) is 3.09. The number of rotatable bonds is 4. The molecule has 4 N–H and O–H groups in total. The van der Waals surface area contributed by atoms with Crippen LogP contribution < -0.4 is 11.1 Å².